The number of ether oxygens (including phenoxy) is 2. The van der Waals surface area contributed by atoms with Crippen molar-refractivity contribution in [1.82, 2.24) is 0 Å². The van der Waals surface area contributed by atoms with Gasteiger partial charge in [0.25, 0.3) is 0 Å². The van der Waals surface area contributed by atoms with Crippen molar-refractivity contribution in [1.29, 1.82) is 0 Å². The first kappa shape index (κ1) is 10.2. The molecular formula is C13H16O3. The van der Waals surface area contributed by atoms with Crippen LogP contribution in [-0.4, -0.2) is 25.8 Å². The van der Waals surface area contributed by atoms with Gasteiger partial charge in [0, 0.05) is 26.1 Å². The minimum absolute atomic E-state index is 0.0556. The molecule has 1 saturated carbocycles. The van der Waals surface area contributed by atoms with Gasteiger partial charge in [0.1, 0.15) is 0 Å². The monoisotopic (exact) mass is 220 g/mol. The van der Waals surface area contributed by atoms with Crippen LogP contribution in [0.15, 0.2) is 24.3 Å². The fourth-order valence-corrected chi connectivity index (χ4v) is 3.60. The van der Waals surface area contributed by atoms with E-state index in [0.717, 1.165) is 6.42 Å². The Bertz CT molecular complexity index is 379. The molecule has 0 N–H and O–H groups in total. The molecular weight excluding hydrogens is 204 g/mol. The molecule has 0 aromatic rings. The molecule has 0 aromatic carbocycles. The van der Waals surface area contributed by atoms with Crippen LogP contribution in [0.5, 0.6) is 0 Å². The van der Waals surface area contributed by atoms with Crippen LogP contribution in [0.2, 0.25) is 0 Å². The third kappa shape index (κ3) is 0.980. The third-order valence-electron chi connectivity index (χ3n) is 4.35. The van der Waals surface area contributed by atoms with Gasteiger partial charge < -0.3 is 9.47 Å². The highest BCUT2D eigenvalue weighted by Crippen LogP contribution is 2.53. The van der Waals surface area contributed by atoms with Gasteiger partial charge in [0.15, 0.2) is 5.78 Å². The van der Waals surface area contributed by atoms with E-state index >= 15 is 0 Å². The quantitative estimate of drug-likeness (QED) is 0.523. The van der Waals surface area contributed by atoms with Gasteiger partial charge in [-0.25, -0.2) is 0 Å². The number of hydrogen-bond donors (Lipinski definition) is 0. The summed E-state index contributed by atoms with van der Waals surface area (Å²) in [5.41, 5.74) is 0. The van der Waals surface area contributed by atoms with E-state index in [1.54, 1.807) is 14.2 Å². The molecule has 3 nitrogen and oxygen atoms in total. The van der Waals surface area contributed by atoms with Crippen LogP contribution >= 0.6 is 0 Å². The van der Waals surface area contributed by atoms with Gasteiger partial charge in [-0.2, -0.15) is 0 Å². The van der Waals surface area contributed by atoms with E-state index < -0.39 is 5.79 Å². The third-order valence-corrected chi connectivity index (χ3v) is 4.35. The van der Waals surface area contributed by atoms with Gasteiger partial charge in [-0.3, -0.25) is 4.79 Å². The van der Waals surface area contributed by atoms with E-state index in [2.05, 4.69) is 18.2 Å². The Hall–Kier alpha value is -0.930. The number of carbonyl (C=O) groups is 1. The molecule has 0 radical (unpaired) electrons. The van der Waals surface area contributed by atoms with Crippen molar-refractivity contribution < 1.29 is 14.3 Å². The van der Waals surface area contributed by atoms with Gasteiger partial charge >= 0.3 is 0 Å². The lowest BCUT2D eigenvalue weighted by atomic mass is 9.60. The standard InChI is InChI=1S/C13H16O3/c1-15-13(16-2)11-7-6-10(12(13)14)8-4-3-5-9(8)11/h3-4,6-11H,5H2,1-2H3/t8?,9?,10-,11+/m1/s1. The van der Waals surface area contributed by atoms with Crippen molar-refractivity contribution in [3.8, 4) is 0 Å². The molecule has 0 spiro atoms. The maximum atomic E-state index is 12.4. The number of fused-ring (bicyclic) bond motifs is 1. The summed E-state index contributed by atoms with van der Waals surface area (Å²) in [6, 6.07) is 0. The molecule has 0 heterocycles. The van der Waals surface area contributed by atoms with Crippen LogP contribution in [0, 0.1) is 23.7 Å². The molecule has 3 heteroatoms. The van der Waals surface area contributed by atoms with Gasteiger partial charge in [0.05, 0.1) is 0 Å². The lowest BCUT2D eigenvalue weighted by molar-refractivity contribution is -0.246. The van der Waals surface area contributed by atoms with Crippen LogP contribution in [0.4, 0.5) is 0 Å². The predicted molar refractivity (Wildman–Crippen MR) is 58.6 cm³/mol. The minimum Gasteiger partial charge on any atom is -0.347 e. The molecule has 0 saturated heterocycles. The Morgan fingerprint density at radius 1 is 1.25 bits per heavy atom. The van der Waals surface area contributed by atoms with E-state index in [1.807, 2.05) is 6.08 Å². The molecule has 0 amide bonds. The molecule has 0 aliphatic heterocycles. The Labute approximate surface area is 95.1 Å². The topological polar surface area (TPSA) is 35.5 Å². The zero-order chi connectivity index (χ0) is 11.3. The summed E-state index contributed by atoms with van der Waals surface area (Å²) >= 11 is 0. The fraction of sp³-hybridized carbons (Fsp3) is 0.615. The van der Waals surface area contributed by atoms with Crippen molar-refractivity contribution in [2.24, 2.45) is 23.7 Å². The summed E-state index contributed by atoms with van der Waals surface area (Å²) in [7, 11) is 3.13. The van der Waals surface area contributed by atoms with Crippen LogP contribution in [0.3, 0.4) is 0 Å². The smallest absolute Gasteiger partial charge is 0.235 e. The second kappa shape index (κ2) is 3.28. The summed E-state index contributed by atoms with van der Waals surface area (Å²) in [6.45, 7) is 0. The summed E-state index contributed by atoms with van der Waals surface area (Å²) < 4.78 is 10.9. The van der Waals surface area contributed by atoms with Gasteiger partial charge in [-0.15, -0.1) is 0 Å². The molecule has 86 valence electrons. The molecule has 4 atom stereocenters. The van der Waals surface area contributed by atoms with E-state index in [-0.39, 0.29) is 17.6 Å². The lowest BCUT2D eigenvalue weighted by Crippen LogP contribution is -2.61. The maximum Gasteiger partial charge on any atom is 0.235 e. The Morgan fingerprint density at radius 2 is 2.00 bits per heavy atom. The summed E-state index contributed by atoms with van der Waals surface area (Å²) in [6.07, 6.45) is 9.52. The molecule has 2 bridgehead atoms. The average molecular weight is 220 g/mol. The Kier molecular flexibility index (Phi) is 2.10. The van der Waals surface area contributed by atoms with Crippen molar-refractivity contribution >= 4 is 5.78 Å². The highest BCUT2D eigenvalue weighted by Gasteiger charge is 2.61. The molecule has 1 fully saturated rings. The first-order chi connectivity index (χ1) is 7.74. The zero-order valence-corrected chi connectivity index (χ0v) is 9.55. The fourth-order valence-electron chi connectivity index (χ4n) is 3.60. The molecule has 16 heavy (non-hydrogen) atoms. The number of rotatable bonds is 2. The first-order valence-electron chi connectivity index (χ1n) is 5.74. The molecule has 0 aromatic heterocycles. The second-order valence-corrected chi connectivity index (χ2v) is 4.78. The zero-order valence-electron chi connectivity index (χ0n) is 9.55. The number of hydrogen-bond acceptors (Lipinski definition) is 3. The highest BCUT2D eigenvalue weighted by atomic mass is 16.7. The lowest BCUT2D eigenvalue weighted by Gasteiger charge is -2.50. The number of ketones is 1. The average Bonchev–Trinajstić information content (AvgIpc) is 2.80. The molecule has 4 aliphatic carbocycles. The van der Waals surface area contributed by atoms with Gasteiger partial charge in [-0.05, 0) is 18.3 Å². The van der Waals surface area contributed by atoms with Crippen LogP contribution in [0.1, 0.15) is 6.42 Å². The Morgan fingerprint density at radius 3 is 2.69 bits per heavy atom. The Balaban J connectivity index is 2.08. The largest absolute Gasteiger partial charge is 0.347 e. The SMILES string of the molecule is COC1(OC)C(=O)[C@@H]2C=C[C@H]1C1CC=CC12. The second-order valence-electron chi connectivity index (χ2n) is 4.78. The van der Waals surface area contributed by atoms with Crippen LogP contribution in [-0.2, 0) is 14.3 Å². The van der Waals surface area contributed by atoms with Crippen molar-refractivity contribution in [3.05, 3.63) is 24.3 Å². The normalized spacial score (nSPS) is 42.8. The van der Waals surface area contributed by atoms with Crippen LogP contribution in [0.25, 0.3) is 0 Å². The first-order valence-corrected chi connectivity index (χ1v) is 5.74. The highest BCUT2D eigenvalue weighted by molar-refractivity contribution is 5.93. The minimum atomic E-state index is -1.04. The van der Waals surface area contributed by atoms with Gasteiger partial charge in [-0.1, -0.05) is 24.3 Å². The number of carbonyl (C=O) groups excluding carboxylic acids is 1. The molecule has 4 rings (SSSR count). The van der Waals surface area contributed by atoms with Crippen molar-refractivity contribution in [3.63, 3.8) is 0 Å². The summed E-state index contributed by atoms with van der Waals surface area (Å²) in [4.78, 5) is 12.4. The van der Waals surface area contributed by atoms with E-state index in [0.29, 0.717) is 11.8 Å². The van der Waals surface area contributed by atoms with Crippen molar-refractivity contribution in [2.75, 3.05) is 14.2 Å². The maximum absolute atomic E-state index is 12.4. The van der Waals surface area contributed by atoms with E-state index in [1.165, 1.54) is 0 Å². The van der Waals surface area contributed by atoms with E-state index in [4.69, 9.17) is 9.47 Å². The van der Waals surface area contributed by atoms with E-state index in [9.17, 15) is 4.79 Å². The van der Waals surface area contributed by atoms with Crippen molar-refractivity contribution in [2.45, 2.75) is 12.2 Å². The van der Waals surface area contributed by atoms with Gasteiger partial charge in [0.2, 0.25) is 5.79 Å². The number of methoxy groups -OCH3 is 2. The number of allylic oxidation sites excluding steroid dienone is 3. The molecule has 2 unspecified atom stereocenters. The molecule has 4 aliphatic rings. The summed E-state index contributed by atoms with van der Waals surface area (Å²) in [5.74, 6) is -0.132. The summed E-state index contributed by atoms with van der Waals surface area (Å²) in [5, 5.41) is 0. The predicted octanol–water partition coefficient (Wildman–Crippen LogP) is 1.55. The number of Topliss-reactive ketones (excluding diaryl/α,β-unsaturated/α-hetero) is 1. The van der Waals surface area contributed by atoms with Crippen LogP contribution < -0.4 is 0 Å².